The minimum Gasteiger partial charge on any atom is -0.395 e. The van der Waals surface area contributed by atoms with E-state index in [9.17, 15) is 13.5 Å². The predicted octanol–water partition coefficient (Wildman–Crippen LogP) is 1.85. The normalized spacial score (nSPS) is 13.2. The Balaban J connectivity index is 1.72. The lowest BCUT2D eigenvalue weighted by molar-refractivity contribution is 0.256. The maximum absolute atomic E-state index is 12.4. The van der Waals surface area contributed by atoms with Gasteiger partial charge in [0.15, 0.2) is 5.58 Å². The van der Waals surface area contributed by atoms with Crippen LogP contribution in [0.2, 0.25) is 0 Å². The SMILES string of the molecule is O=S(=O)(Cc1noc2ccccc12)N[C@@H](CO)Cc1ccccc1. The predicted molar refractivity (Wildman–Crippen MR) is 90.8 cm³/mol. The second-order valence-corrected chi connectivity index (χ2v) is 7.33. The van der Waals surface area contributed by atoms with Gasteiger partial charge in [0.05, 0.1) is 6.61 Å². The van der Waals surface area contributed by atoms with E-state index in [1.165, 1.54) is 0 Å². The number of hydrogen-bond donors (Lipinski definition) is 2. The Labute approximate surface area is 140 Å². The number of para-hydroxylation sites is 1. The Bertz CT molecular complexity index is 906. The summed E-state index contributed by atoms with van der Waals surface area (Å²) < 4.78 is 32.5. The van der Waals surface area contributed by atoms with Crippen molar-refractivity contribution < 1.29 is 18.0 Å². The van der Waals surface area contributed by atoms with Gasteiger partial charge in [0.2, 0.25) is 10.0 Å². The van der Waals surface area contributed by atoms with Gasteiger partial charge in [0, 0.05) is 11.4 Å². The zero-order valence-corrected chi connectivity index (χ0v) is 13.7. The molecule has 3 aromatic rings. The Kier molecular flexibility index (Phi) is 4.94. The molecule has 0 fully saturated rings. The highest BCUT2D eigenvalue weighted by Crippen LogP contribution is 2.19. The van der Waals surface area contributed by atoms with Crippen LogP contribution in [0.15, 0.2) is 59.1 Å². The lowest BCUT2D eigenvalue weighted by Gasteiger charge is -2.16. The molecule has 2 N–H and O–H groups in total. The number of rotatable bonds is 7. The third-order valence-electron chi connectivity index (χ3n) is 3.67. The fourth-order valence-corrected chi connectivity index (χ4v) is 3.88. The molecule has 1 aromatic heterocycles. The molecule has 6 nitrogen and oxygen atoms in total. The van der Waals surface area contributed by atoms with Gasteiger partial charge in [-0.3, -0.25) is 0 Å². The molecule has 126 valence electrons. The number of sulfonamides is 1. The monoisotopic (exact) mass is 346 g/mol. The van der Waals surface area contributed by atoms with Gasteiger partial charge in [-0.05, 0) is 24.1 Å². The van der Waals surface area contributed by atoms with E-state index in [0.29, 0.717) is 23.1 Å². The molecule has 0 bridgehead atoms. The summed E-state index contributed by atoms with van der Waals surface area (Å²) in [4.78, 5) is 0. The first-order valence-corrected chi connectivity index (χ1v) is 9.21. The maximum Gasteiger partial charge on any atom is 0.217 e. The second kappa shape index (κ2) is 7.12. The van der Waals surface area contributed by atoms with Crippen molar-refractivity contribution in [3.05, 3.63) is 65.9 Å². The van der Waals surface area contributed by atoms with E-state index in [-0.39, 0.29) is 12.4 Å². The quantitative estimate of drug-likeness (QED) is 0.681. The highest BCUT2D eigenvalue weighted by molar-refractivity contribution is 7.88. The zero-order valence-electron chi connectivity index (χ0n) is 12.9. The van der Waals surface area contributed by atoms with Gasteiger partial charge in [-0.15, -0.1) is 0 Å². The van der Waals surface area contributed by atoms with Gasteiger partial charge in [-0.1, -0.05) is 47.6 Å². The van der Waals surface area contributed by atoms with Crippen LogP contribution in [0.3, 0.4) is 0 Å². The number of aromatic nitrogens is 1. The molecule has 7 heteroatoms. The molecule has 0 spiro atoms. The van der Waals surface area contributed by atoms with Crippen LogP contribution < -0.4 is 4.72 Å². The fraction of sp³-hybridized carbons (Fsp3) is 0.235. The first-order chi connectivity index (χ1) is 11.6. The van der Waals surface area contributed by atoms with E-state index in [1.54, 1.807) is 24.3 Å². The van der Waals surface area contributed by atoms with Crippen LogP contribution in [0.1, 0.15) is 11.3 Å². The number of aliphatic hydroxyl groups is 1. The average molecular weight is 346 g/mol. The van der Waals surface area contributed by atoms with Crippen molar-refractivity contribution in [3.8, 4) is 0 Å². The van der Waals surface area contributed by atoms with Gasteiger partial charge in [0.1, 0.15) is 11.4 Å². The maximum atomic E-state index is 12.4. The molecule has 1 atom stereocenters. The van der Waals surface area contributed by atoms with Crippen LogP contribution >= 0.6 is 0 Å². The highest BCUT2D eigenvalue weighted by Gasteiger charge is 2.21. The lowest BCUT2D eigenvalue weighted by atomic mass is 10.1. The Hall–Kier alpha value is -2.22. The fourth-order valence-electron chi connectivity index (χ4n) is 2.56. The third kappa shape index (κ3) is 4.00. The molecule has 0 radical (unpaired) electrons. The van der Waals surface area contributed by atoms with Gasteiger partial charge in [-0.25, -0.2) is 13.1 Å². The molecule has 0 unspecified atom stereocenters. The van der Waals surface area contributed by atoms with Crippen molar-refractivity contribution in [2.75, 3.05) is 6.61 Å². The zero-order chi connectivity index (χ0) is 17.0. The van der Waals surface area contributed by atoms with Gasteiger partial charge in [0.25, 0.3) is 0 Å². The number of benzene rings is 2. The Morgan fingerprint density at radius 3 is 2.54 bits per heavy atom. The molecule has 0 aliphatic rings. The molecule has 0 aliphatic heterocycles. The molecule has 1 heterocycles. The molecule has 0 amide bonds. The van der Waals surface area contributed by atoms with Crippen LogP contribution in [-0.2, 0) is 22.2 Å². The van der Waals surface area contributed by atoms with Crippen molar-refractivity contribution in [1.82, 2.24) is 9.88 Å². The summed E-state index contributed by atoms with van der Waals surface area (Å²) in [7, 11) is -3.66. The number of nitrogens with zero attached hydrogens (tertiary/aromatic N) is 1. The minimum absolute atomic E-state index is 0.284. The Morgan fingerprint density at radius 1 is 1.08 bits per heavy atom. The standard InChI is InChI=1S/C17H18N2O4S/c20-11-14(10-13-6-2-1-3-7-13)19-24(21,22)12-16-15-8-4-5-9-17(15)23-18-16/h1-9,14,19-20H,10-12H2/t14-/m1/s1. The lowest BCUT2D eigenvalue weighted by Crippen LogP contribution is -2.39. The number of aliphatic hydroxyl groups excluding tert-OH is 1. The first-order valence-electron chi connectivity index (χ1n) is 7.55. The topological polar surface area (TPSA) is 92.4 Å². The molecule has 0 saturated carbocycles. The van der Waals surface area contributed by atoms with Gasteiger partial charge >= 0.3 is 0 Å². The molecule has 0 aliphatic carbocycles. The summed E-state index contributed by atoms with van der Waals surface area (Å²) in [5.74, 6) is -0.296. The molecule has 0 saturated heterocycles. The van der Waals surface area contributed by atoms with E-state index in [1.807, 2.05) is 30.3 Å². The van der Waals surface area contributed by atoms with Crippen molar-refractivity contribution in [1.29, 1.82) is 0 Å². The molecular weight excluding hydrogens is 328 g/mol. The van der Waals surface area contributed by atoms with Crippen molar-refractivity contribution in [2.24, 2.45) is 0 Å². The van der Waals surface area contributed by atoms with E-state index in [0.717, 1.165) is 5.56 Å². The van der Waals surface area contributed by atoms with Crippen LogP contribution in [0, 0.1) is 0 Å². The largest absolute Gasteiger partial charge is 0.395 e. The summed E-state index contributed by atoms with van der Waals surface area (Å²) in [5.41, 5.74) is 1.85. The average Bonchev–Trinajstić information content (AvgIpc) is 2.97. The van der Waals surface area contributed by atoms with Gasteiger partial charge < -0.3 is 9.63 Å². The molecule has 2 aromatic carbocycles. The van der Waals surface area contributed by atoms with Crippen molar-refractivity contribution in [2.45, 2.75) is 18.2 Å². The minimum atomic E-state index is -3.66. The van der Waals surface area contributed by atoms with Gasteiger partial charge in [-0.2, -0.15) is 0 Å². The number of nitrogens with one attached hydrogen (secondary N) is 1. The van der Waals surface area contributed by atoms with E-state index in [4.69, 9.17) is 4.52 Å². The summed E-state index contributed by atoms with van der Waals surface area (Å²) in [6.45, 7) is -0.284. The summed E-state index contributed by atoms with van der Waals surface area (Å²) in [6, 6.07) is 15.9. The van der Waals surface area contributed by atoms with E-state index < -0.39 is 16.1 Å². The summed E-state index contributed by atoms with van der Waals surface area (Å²) >= 11 is 0. The number of fused-ring (bicyclic) bond motifs is 1. The summed E-state index contributed by atoms with van der Waals surface area (Å²) in [5, 5.41) is 14.0. The van der Waals surface area contributed by atoms with Crippen LogP contribution in [-0.4, -0.2) is 31.3 Å². The third-order valence-corrected chi connectivity index (χ3v) is 5.02. The van der Waals surface area contributed by atoms with Crippen LogP contribution in [0.4, 0.5) is 0 Å². The second-order valence-electron chi connectivity index (χ2n) is 5.57. The summed E-state index contributed by atoms with van der Waals surface area (Å²) in [6.07, 6.45) is 0.413. The first kappa shape index (κ1) is 16.6. The van der Waals surface area contributed by atoms with E-state index in [2.05, 4.69) is 9.88 Å². The van der Waals surface area contributed by atoms with E-state index >= 15 is 0 Å². The van der Waals surface area contributed by atoms with Crippen molar-refractivity contribution >= 4 is 21.0 Å². The van der Waals surface area contributed by atoms with Crippen molar-refractivity contribution in [3.63, 3.8) is 0 Å². The van der Waals surface area contributed by atoms with Crippen LogP contribution in [0.5, 0.6) is 0 Å². The van der Waals surface area contributed by atoms with Crippen LogP contribution in [0.25, 0.3) is 11.0 Å². The Morgan fingerprint density at radius 2 is 1.79 bits per heavy atom. The molecule has 24 heavy (non-hydrogen) atoms. The highest BCUT2D eigenvalue weighted by atomic mass is 32.2. The smallest absolute Gasteiger partial charge is 0.217 e. The number of hydrogen-bond acceptors (Lipinski definition) is 5. The molecule has 3 rings (SSSR count). The molecular formula is C17H18N2O4S.